The van der Waals surface area contributed by atoms with Crippen LogP contribution < -0.4 is 0 Å². The van der Waals surface area contributed by atoms with Crippen LogP contribution in [0.25, 0.3) is 10.9 Å². The molecular formula is C37H55N3O2. The van der Waals surface area contributed by atoms with Crippen LogP contribution in [0, 0.1) is 0 Å². The van der Waals surface area contributed by atoms with Gasteiger partial charge in [-0.05, 0) is 36.5 Å². The molecule has 5 nitrogen and oxygen atoms in total. The minimum Gasteiger partial charge on any atom is -0.361 e. The molecule has 3 rings (SSSR count). The van der Waals surface area contributed by atoms with Crippen molar-refractivity contribution in [1.82, 2.24) is 14.8 Å². The van der Waals surface area contributed by atoms with E-state index < -0.39 is 0 Å². The number of nitrogens with one attached hydrogen (secondary N) is 1. The minimum absolute atomic E-state index is 0.0297. The molecule has 1 heterocycles. The number of hydrogen-bond acceptors (Lipinski definition) is 2. The maximum atomic E-state index is 13.7. The van der Waals surface area contributed by atoms with Crippen LogP contribution in [0.3, 0.4) is 0 Å². The molecule has 2 aromatic carbocycles. The van der Waals surface area contributed by atoms with Gasteiger partial charge in [-0.3, -0.25) is 9.59 Å². The summed E-state index contributed by atoms with van der Waals surface area (Å²) >= 11 is 0. The SMILES string of the molecule is CCCCCCCCCCCCCC(=O)N(CCCC)CC(=O)N(CCc1c[nH]c2ccccc12)Cc1ccccc1. The quantitative estimate of drug-likeness (QED) is 0.122. The number of fused-ring (bicyclic) bond motifs is 1. The lowest BCUT2D eigenvalue weighted by Crippen LogP contribution is -2.43. The molecule has 0 fully saturated rings. The van der Waals surface area contributed by atoms with Gasteiger partial charge in [0.15, 0.2) is 0 Å². The van der Waals surface area contributed by atoms with E-state index in [1.54, 1.807) is 0 Å². The molecule has 0 radical (unpaired) electrons. The zero-order valence-electron chi connectivity index (χ0n) is 26.4. The molecule has 230 valence electrons. The molecule has 42 heavy (non-hydrogen) atoms. The van der Waals surface area contributed by atoms with Crippen LogP contribution in [-0.4, -0.2) is 46.2 Å². The highest BCUT2D eigenvalue weighted by Crippen LogP contribution is 2.19. The number of aromatic nitrogens is 1. The van der Waals surface area contributed by atoms with Gasteiger partial charge in [-0.25, -0.2) is 0 Å². The van der Waals surface area contributed by atoms with Crippen molar-refractivity contribution >= 4 is 22.7 Å². The second kappa shape index (κ2) is 19.9. The number of unbranched alkanes of at least 4 members (excludes halogenated alkanes) is 11. The number of carbonyl (C=O) groups is 2. The monoisotopic (exact) mass is 573 g/mol. The molecule has 0 saturated carbocycles. The highest BCUT2D eigenvalue weighted by molar-refractivity contribution is 5.85. The number of hydrogen-bond donors (Lipinski definition) is 1. The van der Waals surface area contributed by atoms with E-state index in [0.717, 1.165) is 43.2 Å². The molecule has 2 amide bonds. The van der Waals surface area contributed by atoms with E-state index in [1.807, 2.05) is 34.1 Å². The van der Waals surface area contributed by atoms with Crippen molar-refractivity contribution in [3.8, 4) is 0 Å². The van der Waals surface area contributed by atoms with Crippen LogP contribution in [0.15, 0.2) is 60.8 Å². The lowest BCUT2D eigenvalue weighted by atomic mass is 10.1. The fraction of sp³-hybridized carbons (Fsp3) is 0.568. The topological polar surface area (TPSA) is 56.4 Å². The van der Waals surface area contributed by atoms with Crippen LogP contribution in [0.5, 0.6) is 0 Å². The predicted molar refractivity (Wildman–Crippen MR) is 176 cm³/mol. The maximum absolute atomic E-state index is 13.7. The van der Waals surface area contributed by atoms with Crippen molar-refractivity contribution in [2.24, 2.45) is 0 Å². The third kappa shape index (κ3) is 12.0. The van der Waals surface area contributed by atoms with Crippen molar-refractivity contribution in [2.75, 3.05) is 19.6 Å². The number of carbonyl (C=O) groups excluding carboxylic acids is 2. The molecule has 0 aliphatic heterocycles. The van der Waals surface area contributed by atoms with Crippen LogP contribution in [0.2, 0.25) is 0 Å². The largest absolute Gasteiger partial charge is 0.361 e. The second-order valence-electron chi connectivity index (χ2n) is 11.9. The summed E-state index contributed by atoms with van der Waals surface area (Å²) in [6.45, 7) is 6.38. The van der Waals surface area contributed by atoms with Gasteiger partial charge in [-0.15, -0.1) is 0 Å². The Morgan fingerprint density at radius 3 is 1.95 bits per heavy atom. The van der Waals surface area contributed by atoms with Crippen molar-refractivity contribution in [2.45, 2.75) is 117 Å². The van der Waals surface area contributed by atoms with E-state index in [1.165, 1.54) is 68.7 Å². The van der Waals surface area contributed by atoms with Crippen molar-refractivity contribution in [3.63, 3.8) is 0 Å². The number of rotatable bonds is 22. The number of H-pyrrole nitrogens is 1. The molecule has 5 heteroatoms. The fourth-order valence-electron chi connectivity index (χ4n) is 5.69. The van der Waals surface area contributed by atoms with Crippen LogP contribution >= 0.6 is 0 Å². The van der Waals surface area contributed by atoms with E-state index in [4.69, 9.17) is 0 Å². The van der Waals surface area contributed by atoms with Crippen LogP contribution in [-0.2, 0) is 22.6 Å². The zero-order chi connectivity index (χ0) is 29.8. The lowest BCUT2D eigenvalue weighted by Gasteiger charge is -2.28. The highest BCUT2D eigenvalue weighted by atomic mass is 16.2. The van der Waals surface area contributed by atoms with Crippen LogP contribution in [0.4, 0.5) is 0 Å². The van der Waals surface area contributed by atoms with E-state index in [-0.39, 0.29) is 18.4 Å². The average Bonchev–Trinajstić information content (AvgIpc) is 3.43. The normalized spacial score (nSPS) is 11.2. The van der Waals surface area contributed by atoms with Gasteiger partial charge in [0, 0.05) is 43.2 Å². The number of benzene rings is 2. The molecule has 3 aromatic rings. The summed E-state index contributed by atoms with van der Waals surface area (Å²) in [6.07, 6.45) is 19.2. The molecule has 0 aliphatic rings. The van der Waals surface area contributed by atoms with Gasteiger partial charge < -0.3 is 14.8 Å². The van der Waals surface area contributed by atoms with Gasteiger partial charge in [0.1, 0.15) is 0 Å². The molecule has 0 aliphatic carbocycles. The van der Waals surface area contributed by atoms with Gasteiger partial charge in [-0.1, -0.05) is 133 Å². The smallest absolute Gasteiger partial charge is 0.242 e. The number of nitrogens with zero attached hydrogens (tertiary/aromatic N) is 2. The van der Waals surface area contributed by atoms with E-state index in [0.29, 0.717) is 26.1 Å². The summed E-state index contributed by atoms with van der Waals surface area (Å²) in [6, 6.07) is 18.5. The van der Waals surface area contributed by atoms with Gasteiger partial charge in [-0.2, -0.15) is 0 Å². The molecule has 1 N–H and O–H groups in total. The second-order valence-corrected chi connectivity index (χ2v) is 11.9. The van der Waals surface area contributed by atoms with Gasteiger partial charge in [0.2, 0.25) is 11.8 Å². The molecular weight excluding hydrogens is 518 g/mol. The Balaban J connectivity index is 1.51. The Bertz CT molecular complexity index is 1160. The first-order valence-electron chi connectivity index (χ1n) is 16.8. The fourth-order valence-corrected chi connectivity index (χ4v) is 5.69. The third-order valence-electron chi connectivity index (χ3n) is 8.35. The molecule has 0 bridgehead atoms. The summed E-state index contributed by atoms with van der Waals surface area (Å²) in [5.41, 5.74) is 3.44. The standard InChI is InChI=1S/C37H55N3O2/c1-3-5-7-8-9-10-11-12-13-14-18-25-36(41)39(27-6-4-2)31-37(42)40(30-32-21-16-15-17-22-32)28-26-33-29-38-35-24-20-19-23-34(33)35/h15-17,19-24,29,38H,3-14,18,25-28,30-31H2,1-2H3. The van der Waals surface area contributed by atoms with Crippen molar-refractivity contribution < 1.29 is 9.59 Å². The Kier molecular flexibility index (Phi) is 15.9. The Labute approximate surface area is 255 Å². The summed E-state index contributed by atoms with van der Waals surface area (Å²) in [4.78, 5) is 34.1. The zero-order valence-corrected chi connectivity index (χ0v) is 26.4. The number of amides is 2. The average molecular weight is 574 g/mol. The Morgan fingerprint density at radius 2 is 1.26 bits per heavy atom. The first-order valence-corrected chi connectivity index (χ1v) is 16.8. The van der Waals surface area contributed by atoms with Gasteiger partial charge >= 0.3 is 0 Å². The summed E-state index contributed by atoms with van der Waals surface area (Å²) in [5.74, 6) is 0.158. The first-order chi connectivity index (χ1) is 20.6. The minimum atomic E-state index is 0.0297. The van der Waals surface area contributed by atoms with Gasteiger partial charge in [0.25, 0.3) is 0 Å². The van der Waals surface area contributed by atoms with Crippen LogP contribution in [0.1, 0.15) is 115 Å². The Morgan fingerprint density at radius 1 is 0.643 bits per heavy atom. The first kappa shape index (κ1) is 33.4. The maximum Gasteiger partial charge on any atom is 0.242 e. The molecule has 0 atom stereocenters. The Hall–Kier alpha value is -3.08. The van der Waals surface area contributed by atoms with E-state index >= 15 is 0 Å². The highest BCUT2D eigenvalue weighted by Gasteiger charge is 2.21. The molecule has 0 unspecified atom stereocenters. The molecule has 0 saturated heterocycles. The summed E-state index contributed by atoms with van der Waals surface area (Å²) < 4.78 is 0. The van der Waals surface area contributed by atoms with E-state index in [2.05, 4.69) is 55.4 Å². The van der Waals surface area contributed by atoms with Crippen molar-refractivity contribution in [3.05, 3.63) is 71.9 Å². The van der Waals surface area contributed by atoms with E-state index in [9.17, 15) is 9.59 Å². The lowest BCUT2D eigenvalue weighted by molar-refractivity contribution is -0.141. The third-order valence-corrected chi connectivity index (χ3v) is 8.35. The predicted octanol–water partition coefficient (Wildman–Crippen LogP) is 9.07. The number of para-hydroxylation sites is 1. The van der Waals surface area contributed by atoms with Gasteiger partial charge in [0.05, 0.1) is 6.54 Å². The summed E-state index contributed by atoms with van der Waals surface area (Å²) in [5, 5.41) is 1.20. The summed E-state index contributed by atoms with van der Waals surface area (Å²) in [7, 11) is 0. The van der Waals surface area contributed by atoms with Crippen molar-refractivity contribution in [1.29, 1.82) is 0 Å². The number of aromatic amines is 1. The molecule has 1 aromatic heterocycles. The molecule has 0 spiro atoms.